The molecule has 3 aromatic rings. The maximum atomic E-state index is 5.70. The first kappa shape index (κ1) is 11.9. The molecule has 100 valence electrons. The molecule has 0 amide bonds. The van der Waals surface area contributed by atoms with E-state index >= 15 is 0 Å². The number of halogens is 1. The lowest BCUT2D eigenvalue weighted by Crippen LogP contribution is -2.16. The number of ether oxygens (including phenoxy) is 1. The van der Waals surface area contributed by atoms with E-state index in [-0.39, 0.29) is 5.92 Å². The number of hydrogen-bond acceptors (Lipinski definition) is 3. The van der Waals surface area contributed by atoms with Crippen LogP contribution in [0.4, 0.5) is 0 Å². The van der Waals surface area contributed by atoms with Gasteiger partial charge in [-0.2, -0.15) is 0 Å². The second-order valence-corrected chi connectivity index (χ2v) is 5.79. The Morgan fingerprint density at radius 2 is 2.20 bits per heavy atom. The van der Waals surface area contributed by atoms with Crippen LogP contribution in [0.25, 0.3) is 11.2 Å². The van der Waals surface area contributed by atoms with Crippen molar-refractivity contribution < 1.29 is 4.74 Å². The van der Waals surface area contributed by atoms with E-state index in [1.54, 1.807) is 6.20 Å². The van der Waals surface area contributed by atoms with Crippen molar-refractivity contribution in [3.63, 3.8) is 0 Å². The highest BCUT2D eigenvalue weighted by atomic mass is 79.9. The van der Waals surface area contributed by atoms with Gasteiger partial charge in [-0.15, -0.1) is 0 Å². The summed E-state index contributed by atoms with van der Waals surface area (Å²) in [6.07, 6.45) is 2.70. The van der Waals surface area contributed by atoms with Crippen molar-refractivity contribution in [1.29, 1.82) is 0 Å². The van der Waals surface area contributed by atoms with Crippen molar-refractivity contribution in [2.45, 2.75) is 12.3 Å². The van der Waals surface area contributed by atoms with Crippen LogP contribution in [-0.2, 0) is 0 Å². The van der Waals surface area contributed by atoms with Crippen molar-refractivity contribution in [3.05, 3.63) is 52.4 Å². The minimum Gasteiger partial charge on any atom is -0.493 e. The summed E-state index contributed by atoms with van der Waals surface area (Å²) in [5, 5.41) is 0. The summed E-state index contributed by atoms with van der Waals surface area (Å²) < 4.78 is 6.66. The monoisotopic (exact) mass is 329 g/mol. The van der Waals surface area contributed by atoms with Gasteiger partial charge in [0.25, 0.3) is 0 Å². The van der Waals surface area contributed by atoms with Gasteiger partial charge >= 0.3 is 0 Å². The minimum atomic E-state index is 0.243. The highest BCUT2D eigenvalue weighted by molar-refractivity contribution is 9.10. The maximum absolute atomic E-state index is 5.70. The van der Waals surface area contributed by atoms with E-state index in [0.29, 0.717) is 0 Å². The van der Waals surface area contributed by atoms with Gasteiger partial charge < -0.3 is 9.72 Å². The number of H-pyrrole nitrogens is 1. The summed E-state index contributed by atoms with van der Waals surface area (Å²) in [5.74, 6) is 2.16. The van der Waals surface area contributed by atoms with Crippen LogP contribution in [0.1, 0.15) is 23.7 Å². The Kier molecular flexibility index (Phi) is 2.73. The van der Waals surface area contributed by atoms with Crippen LogP contribution in [0.15, 0.2) is 41.0 Å². The fraction of sp³-hybridized carbons (Fsp3) is 0.200. The zero-order valence-electron chi connectivity index (χ0n) is 10.6. The van der Waals surface area contributed by atoms with Crippen LogP contribution in [-0.4, -0.2) is 21.6 Å². The van der Waals surface area contributed by atoms with Gasteiger partial charge in [0.2, 0.25) is 0 Å². The molecule has 1 aliphatic rings. The first-order valence-corrected chi connectivity index (χ1v) is 7.33. The molecule has 1 aromatic carbocycles. The van der Waals surface area contributed by atoms with Gasteiger partial charge in [0.15, 0.2) is 5.65 Å². The second-order valence-electron chi connectivity index (χ2n) is 4.87. The van der Waals surface area contributed by atoms with Crippen molar-refractivity contribution in [1.82, 2.24) is 15.0 Å². The number of aromatic amines is 1. The van der Waals surface area contributed by atoms with E-state index in [1.807, 2.05) is 24.3 Å². The van der Waals surface area contributed by atoms with Crippen LogP contribution >= 0.6 is 15.9 Å². The molecule has 0 aliphatic carbocycles. The standard InChI is InChI=1S/C15H12BrN3O/c16-9-7-12-15(17-8-9)19-14(18-12)11-5-6-20-13-4-2-1-3-10(11)13/h1-4,7-8,11H,5-6H2,(H,17,18,19). The van der Waals surface area contributed by atoms with Gasteiger partial charge in [-0.1, -0.05) is 18.2 Å². The van der Waals surface area contributed by atoms with Gasteiger partial charge in [-0.05, 0) is 34.5 Å². The molecule has 4 nitrogen and oxygen atoms in total. The highest BCUT2D eigenvalue weighted by Gasteiger charge is 2.25. The van der Waals surface area contributed by atoms with Gasteiger partial charge in [0.05, 0.1) is 12.1 Å². The van der Waals surface area contributed by atoms with Crippen LogP contribution in [0.3, 0.4) is 0 Å². The summed E-state index contributed by atoms with van der Waals surface area (Å²) in [6.45, 7) is 0.718. The van der Waals surface area contributed by atoms with E-state index in [9.17, 15) is 0 Å². The third kappa shape index (κ3) is 1.89. The van der Waals surface area contributed by atoms with Crippen molar-refractivity contribution in [2.24, 2.45) is 0 Å². The molecule has 2 aromatic heterocycles. The number of nitrogens with one attached hydrogen (secondary N) is 1. The minimum absolute atomic E-state index is 0.243. The Balaban J connectivity index is 1.84. The lowest BCUT2D eigenvalue weighted by atomic mass is 9.92. The first-order valence-electron chi connectivity index (χ1n) is 6.54. The van der Waals surface area contributed by atoms with E-state index in [2.05, 4.69) is 36.9 Å². The topological polar surface area (TPSA) is 50.8 Å². The van der Waals surface area contributed by atoms with Gasteiger partial charge in [-0.3, -0.25) is 0 Å². The van der Waals surface area contributed by atoms with Crippen LogP contribution < -0.4 is 4.74 Å². The molecule has 1 aliphatic heterocycles. The first-order chi connectivity index (χ1) is 9.81. The third-order valence-electron chi connectivity index (χ3n) is 3.61. The zero-order valence-corrected chi connectivity index (χ0v) is 12.2. The summed E-state index contributed by atoms with van der Waals surface area (Å²) in [6, 6.07) is 10.2. The summed E-state index contributed by atoms with van der Waals surface area (Å²) in [4.78, 5) is 12.4. The van der Waals surface area contributed by atoms with Crippen LogP contribution in [0.5, 0.6) is 5.75 Å². The predicted molar refractivity (Wildman–Crippen MR) is 80.0 cm³/mol. The lowest BCUT2D eigenvalue weighted by Gasteiger charge is -2.24. The summed E-state index contributed by atoms with van der Waals surface area (Å²) >= 11 is 3.43. The Bertz CT molecular complexity index is 784. The number of rotatable bonds is 1. The number of aromatic nitrogens is 3. The fourth-order valence-electron chi connectivity index (χ4n) is 2.68. The molecule has 0 saturated carbocycles. The molecule has 1 atom stereocenters. The molecule has 0 saturated heterocycles. The fourth-order valence-corrected chi connectivity index (χ4v) is 3.02. The lowest BCUT2D eigenvalue weighted by molar-refractivity contribution is 0.275. The smallest absolute Gasteiger partial charge is 0.177 e. The van der Waals surface area contributed by atoms with E-state index in [0.717, 1.165) is 40.2 Å². The average molecular weight is 330 g/mol. The predicted octanol–water partition coefficient (Wildman–Crippen LogP) is 3.63. The van der Waals surface area contributed by atoms with E-state index < -0.39 is 0 Å². The largest absolute Gasteiger partial charge is 0.493 e. The molecular weight excluding hydrogens is 318 g/mol. The van der Waals surface area contributed by atoms with Crippen molar-refractivity contribution >= 4 is 27.1 Å². The number of fused-ring (bicyclic) bond motifs is 2. The molecule has 0 spiro atoms. The Morgan fingerprint density at radius 3 is 3.15 bits per heavy atom. The zero-order chi connectivity index (χ0) is 13.5. The normalized spacial score (nSPS) is 17.8. The molecule has 4 rings (SSSR count). The number of nitrogens with zero attached hydrogens (tertiary/aromatic N) is 2. The number of imidazole rings is 1. The van der Waals surface area contributed by atoms with Crippen molar-refractivity contribution in [3.8, 4) is 5.75 Å². The molecule has 20 heavy (non-hydrogen) atoms. The summed E-state index contributed by atoms with van der Waals surface area (Å²) in [7, 11) is 0. The van der Waals surface area contributed by atoms with Gasteiger partial charge in [0.1, 0.15) is 11.6 Å². The SMILES string of the molecule is Brc1cnc2nc(C3CCOc4ccccc43)[nH]c2c1. The maximum Gasteiger partial charge on any atom is 0.177 e. The molecule has 0 radical (unpaired) electrons. The highest BCUT2D eigenvalue weighted by Crippen LogP contribution is 2.37. The van der Waals surface area contributed by atoms with E-state index in [1.165, 1.54) is 5.56 Å². The molecule has 1 N–H and O–H groups in total. The molecular formula is C15H12BrN3O. The number of pyridine rings is 1. The molecule has 0 fully saturated rings. The van der Waals surface area contributed by atoms with Crippen LogP contribution in [0, 0.1) is 0 Å². The van der Waals surface area contributed by atoms with Crippen molar-refractivity contribution in [2.75, 3.05) is 6.61 Å². The molecule has 5 heteroatoms. The van der Waals surface area contributed by atoms with Crippen LogP contribution in [0.2, 0.25) is 0 Å². The average Bonchev–Trinajstić information content (AvgIpc) is 2.89. The Morgan fingerprint density at radius 1 is 1.30 bits per heavy atom. The Hall–Kier alpha value is -1.88. The summed E-state index contributed by atoms with van der Waals surface area (Å²) in [5.41, 5.74) is 2.90. The number of benzene rings is 1. The third-order valence-corrected chi connectivity index (χ3v) is 4.04. The van der Waals surface area contributed by atoms with E-state index in [4.69, 9.17) is 4.74 Å². The molecule has 0 bridgehead atoms. The molecule has 3 heterocycles. The Labute approximate surface area is 124 Å². The quantitative estimate of drug-likeness (QED) is 0.741. The number of hydrogen-bond donors (Lipinski definition) is 1. The van der Waals surface area contributed by atoms with Gasteiger partial charge in [-0.25, -0.2) is 9.97 Å². The number of para-hydroxylation sites is 1. The second kappa shape index (κ2) is 4.59. The molecule has 1 unspecified atom stereocenters. The van der Waals surface area contributed by atoms with Gasteiger partial charge in [0, 0.05) is 22.2 Å².